The monoisotopic (exact) mass is 383 g/mol. The summed E-state index contributed by atoms with van der Waals surface area (Å²) in [6.07, 6.45) is 6.01. The molecule has 1 aliphatic carbocycles. The van der Waals surface area contributed by atoms with Crippen molar-refractivity contribution in [3.05, 3.63) is 29.8 Å². The molecular formula is C23H33N3O2. The van der Waals surface area contributed by atoms with Gasteiger partial charge in [-0.05, 0) is 51.3 Å². The fourth-order valence-electron chi connectivity index (χ4n) is 5.04. The molecule has 0 bridgehead atoms. The molecule has 3 aliphatic rings. The number of hydrogen-bond acceptors (Lipinski definition) is 4. The Balaban J connectivity index is 1.17. The Hall–Kier alpha value is -1.88. The average molecular weight is 384 g/mol. The van der Waals surface area contributed by atoms with Crippen LogP contribution in [0.5, 0.6) is 0 Å². The summed E-state index contributed by atoms with van der Waals surface area (Å²) in [7, 11) is 0. The first-order valence-corrected chi connectivity index (χ1v) is 11.0. The maximum atomic E-state index is 12.5. The van der Waals surface area contributed by atoms with E-state index in [9.17, 15) is 9.59 Å². The van der Waals surface area contributed by atoms with Crippen LogP contribution in [0.25, 0.3) is 0 Å². The average Bonchev–Trinajstić information content (AvgIpc) is 2.97. The van der Waals surface area contributed by atoms with Gasteiger partial charge < -0.3 is 4.90 Å². The molecule has 2 saturated heterocycles. The molecule has 5 heteroatoms. The van der Waals surface area contributed by atoms with Gasteiger partial charge in [0.1, 0.15) is 0 Å². The number of aryl methyl sites for hydroxylation is 1. The Labute approximate surface area is 168 Å². The van der Waals surface area contributed by atoms with E-state index < -0.39 is 0 Å². The normalized spacial score (nSPS) is 26.0. The van der Waals surface area contributed by atoms with Crippen LogP contribution in [0.4, 0.5) is 5.69 Å². The zero-order valence-electron chi connectivity index (χ0n) is 17.1. The molecule has 5 nitrogen and oxygen atoms in total. The predicted molar refractivity (Wildman–Crippen MR) is 111 cm³/mol. The van der Waals surface area contributed by atoms with Gasteiger partial charge in [0.25, 0.3) is 0 Å². The summed E-state index contributed by atoms with van der Waals surface area (Å²) in [5.41, 5.74) is 2.62. The molecule has 152 valence electrons. The lowest BCUT2D eigenvalue weighted by molar-refractivity contribution is -0.140. The second kappa shape index (κ2) is 8.64. The molecule has 2 unspecified atom stereocenters. The van der Waals surface area contributed by atoms with Gasteiger partial charge in [-0.15, -0.1) is 0 Å². The number of imide groups is 1. The minimum Gasteiger partial charge on any atom is -0.369 e. The fraction of sp³-hybridized carbons (Fsp3) is 0.652. The number of fused-ring (bicyclic) bond motifs is 1. The highest BCUT2D eigenvalue weighted by Gasteiger charge is 2.47. The summed E-state index contributed by atoms with van der Waals surface area (Å²) in [6.45, 7) is 8.10. The number of piperazine rings is 1. The number of unbranched alkanes of at least 4 members (excludes halogenated alkanes) is 1. The van der Waals surface area contributed by atoms with E-state index in [-0.39, 0.29) is 23.7 Å². The van der Waals surface area contributed by atoms with E-state index in [4.69, 9.17) is 0 Å². The molecule has 1 aromatic rings. The quantitative estimate of drug-likeness (QED) is 0.559. The SMILES string of the molecule is Cc1ccc(N2CCN(CCCCN3C(=O)C4CCCCC4C3=O)CC2)cc1. The van der Waals surface area contributed by atoms with Crippen molar-refractivity contribution in [1.82, 2.24) is 9.80 Å². The van der Waals surface area contributed by atoms with Gasteiger partial charge >= 0.3 is 0 Å². The highest BCUT2D eigenvalue weighted by molar-refractivity contribution is 6.05. The van der Waals surface area contributed by atoms with Gasteiger partial charge in [-0.1, -0.05) is 30.5 Å². The summed E-state index contributed by atoms with van der Waals surface area (Å²) in [4.78, 5) is 31.6. The van der Waals surface area contributed by atoms with Crippen molar-refractivity contribution in [2.45, 2.75) is 45.4 Å². The van der Waals surface area contributed by atoms with Gasteiger partial charge in [0.2, 0.25) is 11.8 Å². The highest BCUT2D eigenvalue weighted by atomic mass is 16.2. The van der Waals surface area contributed by atoms with Crippen molar-refractivity contribution in [3.8, 4) is 0 Å². The van der Waals surface area contributed by atoms with E-state index in [1.165, 1.54) is 11.3 Å². The summed E-state index contributed by atoms with van der Waals surface area (Å²) in [6, 6.07) is 8.79. The van der Waals surface area contributed by atoms with Crippen LogP contribution in [0.2, 0.25) is 0 Å². The zero-order chi connectivity index (χ0) is 19.5. The Bertz CT molecular complexity index is 670. The molecule has 0 spiro atoms. The van der Waals surface area contributed by atoms with Crippen molar-refractivity contribution in [2.24, 2.45) is 11.8 Å². The molecule has 2 atom stereocenters. The molecule has 0 radical (unpaired) electrons. The lowest BCUT2D eigenvalue weighted by atomic mass is 9.81. The molecular weight excluding hydrogens is 350 g/mol. The second-order valence-corrected chi connectivity index (χ2v) is 8.70. The lowest BCUT2D eigenvalue weighted by Crippen LogP contribution is -2.46. The van der Waals surface area contributed by atoms with E-state index in [0.717, 1.165) is 71.2 Å². The van der Waals surface area contributed by atoms with E-state index >= 15 is 0 Å². The third-order valence-corrected chi connectivity index (χ3v) is 6.81. The standard InChI is InChI=1S/C23H33N3O2/c1-18-8-10-19(11-9-18)25-16-14-24(15-17-25)12-4-5-13-26-22(27)20-6-2-3-7-21(20)23(26)28/h8-11,20-21H,2-7,12-17H2,1H3. The van der Waals surface area contributed by atoms with E-state index in [0.29, 0.717) is 6.54 Å². The number of carbonyl (C=O) groups is 2. The molecule has 2 amide bonds. The van der Waals surface area contributed by atoms with Crippen LogP contribution in [-0.2, 0) is 9.59 Å². The number of likely N-dealkylation sites (tertiary alicyclic amines) is 1. The molecule has 2 heterocycles. The van der Waals surface area contributed by atoms with Gasteiger partial charge in [-0.25, -0.2) is 0 Å². The van der Waals surface area contributed by atoms with E-state index in [2.05, 4.69) is 41.0 Å². The largest absolute Gasteiger partial charge is 0.369 e. The van der Waals surface area contributed by atoms with Gasteiger partial charge in [-0.2, -0.15) is 0 Å². The van der Waals surface area contributed by atoms with Crippen LogP contribution in [0, 0.1) is 18.8 Å². The Morgan fingerprint density at radius 1 is 0.821 bits per heavy atom. The first-order chi connectivity index (χ1) is 13.6. The summed E-state index contributed by atoms with van der Waals surface area (Å²) >= 11 is 0. The first kappa shape index (κ1) is 19.4. The Morgan fingerprint density at radius 2 is 1.39 bits per heavy atom. The summed E-state index contributed by atoms with van der Waals surface area (Å²) in [5.74, 6) is 0.218. The van der Waals surface area contributed by atoms with Crippen LogP contribution < -0.4 is 4.90 Å². The molecule has 4 rings (SSSR count). The molecule has 2 aliphatic heterocycles. The van der Waals surface area contributed by atoms with Crippen LogP contribution in [0.3, 0.4) is 0 Å². The van der Waals surface area contributed by atoms with Crippen molar-refractivity contribution >= 4 is 17.5 Å². The van der Waals surface area contributed by atoms with Crippen LogP contribution in [-0.4, -0.2) is 60.9 Å². The maximum absolute atomic E-state index is 12.5. The predicted octanol–water partition coefficient (Wildman–Crippen LogP) is 3.07. The van der Waals surface area contributed by atoms with Gasteiger partial charge in [0, 0.05) is 38.4 Å². The van der Waals surface area contributed by atoms with Crippen LogP contribution in [0.1, 0.15) is 44.1 Å². The number of anilines is 1. The highest BCUT2D eigenvalue weighted by Crippen LogP contribution is 2.38. The second-order valence-electron chi connectivity index (χ2n) is 8.70. The minimum absolute atomic E-state index is 0.00361. The summed E-state index contributed by atoms with van der Waals surface area (Å²) in [5, 5.41) is 0. The number of hydrogen-bond donors (Lipinski definition) is 0. The third kappa shape index (κ3) is 4.09. The number of amides is 2. The molecule has 0 aromatic heterocycles. The number of benzene rings is 1. The Kier molecular flexibility index (Phi) is 6.00. The molecule has 0 N–H and O–H groups in total. The molecule has 3 fully saturated rings. The van der Waals surface area contributed by atoms with Crippen molar-refractivity contribution in [3.63, 3.8) is 0 Å². The van der Waals surface area contributed by atoms with Crippen molar-refractivity contribution in [2.75, 3.05) is 44.2 Å². The number of rotatable bonds is 6. The van der Waals surface area contributed by atoms with Crippen LogP contribution in [0.15, 0.2) is 24.3 Å². The third-order valence-electron chi connectivity index (χ3n) is 6.81. The van der Waals surface area contributed by atoms with Crippen molar-refractivity contribution in [1.29, 1.82) is 0 Å². The topological polar surface area (TPSA) is 43.9 Å². The fourth-order valence-corrected chi connectivity index (χ4v) is 5.04. The van der Waals surface area contributed by atoms with Gasteiger partial charge in [0.15, 0.2) is 0 Å². The zero-order valence-corrected chi connectivity index (χ0v) is 17.1. The minimum atomic E-state index is -0.00361. The smallest absolute Gasteiger partial charge is 0.233 e. The Morgan fingerprint density at radius 3 is 2.00 bits per heavy atom. The van der Waals surface area contributed by atoms with Gasteiger partial charge in [0.05, 0.1) is 11.8 Å². The van der Waals surface area contributed by atoms with Gasteiger partial charge in [-0.3, -0.25) is 19.4 Å². The van der Waals surface area contributed by atoms with Crippen LogP contribution >= 0.6 is 0 Å². The maximum Gasteiger partial charge on any atom is 0.233 e. The summed E-state index contributed by atoms with van der Waals surface area (Å²) < 4.78 is 0. The first-order valence-electron chi connectivity index (χ1n) is 11.0. The molecule has 1 aromatic carbocycles. The molecule has 1 saturated carbocycles. The van der Waals surface area contributed by atoms with E-state index in [1.807, 2.05) is 0 Å². The van der Waals surface area contributed by atoms with E-state index in [1.54, 1.807) is 4.90 Å². The lowest BCUT2D eigenvalue weighted by Gasteiger charge is -2.36. The van der Waals surface area contributed by atoms with Crippen molar-refractivity contribution < 1.29 is 9.59 Å². The number of carbonyl (C=O) groups excluding carboxylic acids is 2. The number of nitrogens with zero attached hydrogens (tertiary/aromatic N) is 3. The molecule has 28 heavy (non-hydrogen) atoms.